The summed E-state index contributed by atoms with van der Waals surface area (Å²) < 4.78 is 47.7. The third-order valence-corrected chi connectivity index (χ3v) is 9.52. The van der Waals surface area contributed by atoms with Gasteiger partial charge in [0.25, 0.3) is 5.56 Å². The molecule has 0 aromatic carbocycles. The summed E-state index contributed by atoms with van der Waals surface area (Å²) in [5.41, 5.74) is 4.49. The minimum absolute atomic E-state index is 0.0636. The van der Waals surface area contributed by atoms with Crippen LogP contribution in [0.4, 0.5) is 5.82 Å². The molecule has 0 saturated heterocycles. The van der Waals surface area contributed by atoms with Crippen molar-refractivity contribution in [2.45, 2.75) is 24.7 Å². The molecule has 240 valence electrons. The average Bonchev–Trinajstić information content (AvgIpc) is 3.39. The first-order valence-corrected chi connectivity index (χ1v) is 15.8. The van der Waals surface area contributed by atoms with Gasteiger partial charge in [-0.2, -0.15) is 0 Å². The summed E-state index contributed by atoms with van der Waals surface area (Å²) in [7, 11) is -9.75. The molecule has 2 unspecified atom stereocenters. The van der Waals surface area contributed by atoms with E-state index in [-0.39, 0.29) is 17.0 Å². The molecule has 0 bridgehead atoms. The Bertz CT molecular complexity index is 1560. The molecule has 6 atom stereocenters. The quantitative estimate of drug-likeness (QED) is 0.0635. The van der Waals surface area contributed by atoms with E-state index < -0.39 is 96.6 Å². The summed E-state index contributed by atoms with van der Waals surface area (Å²) >= 11 is 0. The predicted molar refractivity (Wildman–Crippen MR) is 144 cm³/mol. The lowest BCUT2D eigenvalue weighted by Gasteiger charge is -2.25. The Hall–Kier alpha value is -2.91. The minimum atomic E-state index is -4.88. The minimum Gasteiger partial charge on any atom is -0.394 e. The lowest BCUT2D eigenvalue weighted by Crippen LogP contribution is -2.37. The van der Waals surface area contributed by atoms with Gasteiger partial charge in [-0.15, -0.1) is 0 Å². The van der Waals surface area contributed by atoms with E-state index in [9.17, 15) is 48.9 Å². The zero-order valence-corrected chi connectivity index (χ0v) is 24.0. The third-order valence-electron chi connectivity index (χ3n) is 5.56. The number of hydrogen-bond donors (Lipinski definition) is 8. The van der Waals surface area contributed by atoms with E-state index in [0.29, 0.717) is 0 Å². The molecule has 0 amide bonds. The number of nitrogens with one attached hydrogen (secondary N) is 1. The van der Waals surface area contributed by atoms with Crippen LogP contribution in [0, 0.1) is 0 Å². The van der Waals surface area contributed by atoms with Crippen LogP contribution in [0.1, 0.15) is 12.5 Å². The van der Waals surface area contributed by atoms with Gasteiger partial charge in [0.15, 0.2) is 29.8 Å². The van der Waals surface area contributed by atoms with Gasteiger partial charge in [0.05, 0.1) is 46.0 Å². The monoisotopic (exact) mass is 655 g/mol. The van der Waals surface area contributed by atoms with Gasteiger partial charge in [-0.05, 0) is 0 Å². The molecule has 23 heteroatoms. The molecule has 0 spiro atoms. The first kappa shape index (κ1) is 34.6. The van der Waals surface area contributed by atoms with Crippen molar-refractivity contribution in [2.75, 3.05) is 51.3 Å². The molecular weight excluding hydrogens is 624 g/mol. The Labute approximate surface area is 241 Å². The van der Waals surface area contributed by atoms with Crippen LogP contribution >= 0.6 is 15.2 Å². The smallest absolute Gasteiger partial charge is 0.340 e. The zero-order chi connectivity index (χ0) is 31.8. The molecule has 21 nitrogen and oxygen atoms in total. The summed E-state index contributed by atoms with van der Waals surface area (Å²) in [6, 6.07) is 0.972. The highest BCUT2D eigenvalue weighted by atomic mass is 31.2. The van der Waals surface area contributed by atoms with Crippen molar-refractivity contribution in [3.05, 3.63) is 45.8 Å². The van der Waals surface area contributed by atoms with E-state index in [2.05, 4.69) is 15.0 Å². The average molecular weight is 655 g/mol. The Morgan fingerprint density at radius 3 is 1.93 bits per heavy atom. The van der Waals surface area contributed by atoms with Gasteiger partial charge in [-0.25, -0.2) is 19.7 Å². The summed E-state index contributed by atoms with van der Waals surface area (Å²) in [6.45, 7) is -4.62. The zero-order valence-electron chi connectivity index (χ0n) is 22.2. The molecule has 3 rings (SSSR count). The topological polar surface area (TPSA) is 317 Å². The highest BCUT2D eigenvalue weighted by Crippen LogP contribution is 2.58. The molecule has 0 fully saturated rings. The number of aliphatic hydroxyl groups excluding tert-OH is 4. The van der Waals surface area contributed by atoms with Crippen molar-refractivity contribution in [3.8, 4) is 0 Å². The number of imidazole rings is 1. The van der Waals surface area contributed by atoms with Gasteiger partial charge in [0.1, 0.15) is 24.1 Å². The normalized spacial score (nSPS) is 17.6. The number of aliphatic hydroxyl groups is 4. The first-order valence-electron chi connectivity index (χ1n) is 12.2. The second-order valence-corrected chi connectivity index (χ2v) is 13.0. The van der Waals surface area contributed by atoms with Crippen LogP contribution in [-0.2, 0) is 27.7 Å². The van der Waals surface area contributed by atoms with E-state index in [1.54, 1.807) is 0 Å². The van der Waals surface area contributed by atoms with Crippen LogP contribution in [0.5, 0.6) is 0 Å². The van der Waals surface area contributed by atoms with E-state index in [4.69, 9.17) is 24.3 Å². The molecule has 43 heavy (non-hydrogen) atoms. The second kappa shape index (κ2) is 15.2. The molecular formula is C20H31N7O14P2. The second-order valence-electron chi connectivity index (χ2n) is 8.76. The third kappa shape index (κ3) is 9.54. The number of aromatic nitrogens is 6. The van der Waals surface area contributed by atoms with Crippen LogP contribution in [0.3, 0.4) is 0 Å². The van der Waals surface area contributed by atoms with E-state index in [1.165, 1.54) is 10.9 Å². The maximum absolute atomic E-state index is 12.5. The van der Waals surface area contributed by atoms with Crippen molar-refractivity contribution in [3.63, 3.8) is 0 Å². The Morgan fingerprint density at radius 1 is 0.860 bits per heavy atom. The molecule has 3 aromatic heterocycles. The van der Waals surface area contributed by atoms with Gasteiger partial charge >= 0.3 is 20.9 Å². The molecule has 0 saturated carbocycles. The fraction of sp³-hybridized carbons (Fsp3) is 0.550. The number of fused-ring (bicyclic) bond motifs is 1. The highest BCUT2D eigenvalue weighted by molar-refractivity contribution is 7.70. The highest BCUT2D eigenvalue weighted by Gasteiger charge is 2.36. The molecule has 3 aromatic rings. The number of rotatable bonds is 18. The molecule has 0 aliphatic rings. The van der Waals surface area contributed by atoms with E-state index in [1.807, 2.05) is 4.98 Å². The molecule has 3 heterocycles. The van der Waals surface area contributed by atoms with Gasteiger partial charge in [-0.1, -0.05) is 0 Å². The van der Waals surface area contributed by atoms with Crippen LogP contribution in [0.25, 0.3) is 11.2 Å². The molecule has 0 radical (unpaired) electrons. The Morgan fingerprint density at radius 2 is 1.42 bits per heavy atom. The van der Waals surface area contributed by atoms with Crippen LogP contribution in [0.15, 0.2) is 34.5 Å². The molecule has 0 aliphatic carbocycles. The predicted octanol–water partition coefficient (Wildman–Crippen LogP) is -2.94. The molecule has 0 aliphatic heterocycles. The number of H-pyrrole nitrogens is 1. The molecule has 9 N–H and O–H groups in total. The maximum atomic E-state index is 12.5. The summed E-state index contributed by atoms with van der Waals surface area (Å²) in [6.07, 6.45) is -1.93. The number of nitrogen functional groups attached to an aromatic ring is 1. The van der Waals surface area contributed by atoms with Gasteiger partial charge in [0, 0.05) is 12.3 Å². The van der Waals surface area contributed by atoms with Gasteiger partial charge in [0.2, 0.25) is 0 Å². The van der Waals surface area contributed by atoms with Crippen LogP contribution < -0.4 is 17.0 Å². The van der Waals surface area contributed by atoms with Gasteiger partial charge in [-0.3, -0.25) is 28.0 Å². The van der Waals surface area contributed by atoms with Crippen molar-refractivity contribution in [2.24, 2.45) is 0 Å². The standard InChI is InChI=1S/C20H31N7O14P2/c21-18-17-19(23-9-22-18)27(10-24-17)16(6-31)41-13(4-29)8-39-43(36,37)11-42(34,35)38-7-12(3-28)40-15(5-30)26-2-1-14(32)25-20(26)33/h1-2,9-10,12-13,15-16,28-31H,3-8,11H2,(H,34,35)(H,36,37)(H2,21,22,23)(H,25,32,33)/t12-,13-,15+,16+/m0/s1. The van der Waals surface area contributed by atoms with Crippen molar-refractivity contribution in [1.82, 2.24) is 29.1 Å². The first-order chi connectivity index (χ1) is 20.3. The number of hydrogen-bond acceptors (Lipinski definition) is 16. The lowest BCUT2D eigenvalue weighted by atomic mass is 10.4. The number of ether oxygens (including phenoxy) is 2. The lowest BCUT2D eigenvalue weighted by molar-refractivity contribution is -0.111. The Kier molecular flexibility index (Phi) is 12.2. The number of nitrogens with two attached hydrogens (primary N) is 1. The number of nitrogens with zero attached hydrogens (tertiary/aromatic N) is 5. The summed E-state index contributed by atoms with van der Waals surface area (Å²) in [5.74, 6) is -1.35. The number of aromatic amines is 1. The van der Waals surface area contributed by atoms with Crippen molar-refractivity contribution < 1.29 is 57.9 Å². The Balaban J connectivity index is 1.57. The van der Waals surface area contributed by atoms with Crippen LogP contribution in [0.2, 0.25) is 0 Å². The summed E-state index contributed by atoms with van der Waals surface area (Å²) in [5, 5.41) is 38.6. The van der Waals surface area contributed by atoms with Crippen molar-refractivity contribution in [1.29, 1.82) is 0 Å². The van der Waals surface area contributed by atoms with E-state index >= 15 is 0 Å². The fourth-order valence-electron chi connectivity index (χ4n) is 3.55. The van der Waals surface area contributed by atoms with Gasteiger partial charge < -0.3 is 54.5 Å². The largest absolute Gasteiger partial charge is 0.394 e. The summed E-state index contributed by atoms with van der Waals surface area (Å²) in [4.78, 5) is 57.2. The van der Waals surface area contributed by atoms with E-state index in [0.717, 1.165) is 23.2 Å². The van der Waals surface area contributed by atoms with Crippen LogP contribution in [-0.4, -0.2) is 117 Å². The van der Waals surface area contributed by atoms with Crippen molar-refractivity contribution >= 4 is 32.2 Å². The SMILES string of the molecule is Nc1ncnc2c1ncn2[C@@H](CO)O[C@@H](CO)COP(=O)(O)CP(=O)(O)OC[C@H](CO)O[C@H](CO)n1ccc(=O)[nH]c1=O. The number of anilines is 1. The maximum Gasteiger partial charge on any atom is 0.340 e. The fourth-order valence-corrected chi connectivity index (χ4v) is 6.81.